The highest BCUT2D eigenvalue weighted by molar-refractivity contribution is 5.92. The van der Waals surface area contributed by atoms with E-state index in [9.17, 15) is 19.7 Å². The molecular formula is C11H16N6O6. The maximum absolute atomic E-state index is 11.5. The molecule has 0 bridgehead atoms. The second kappa shape index (κ2) is 8.33. The molecule has 0 unspecified atom stereocenters. The van der Waals surface area contributed by atoms with E-state index in [0.29, 0.717) is 0 Å². The monoisotopic (exact) mass is 328 g/mol. The van der Waals surface area contributed by atoms with Gasteiger partial charge in [0.25, 0.3) is 0 Å². The minimum absolute atomic E-state index is 0.0579. The van der Waals surface area contributed by atoms with Gasteiger partial charge in [-0.25, -0.2) is 14.6 Å². The average molecular weight is 328 g/mol. The third-order valence-electron chi connectivity index (χ3n) is 2.33. The fraction of sp³-hybridized carbons (Fsp3) is 0.364. The first-order valence-electron chi connectivity index (χ1n) is 6.46. The molecule has 0 aromatic carbocycles. The number of hydrazine groups is 1. The SMILES string of the molecule is CCOC(=O)Nc1cc(NN)c([N+](=O)[O-])c(NC(=O)OCC)n1. The van der Waals surface area contributed by atoms with Crippen molar-refractivity contribution in [1.82, 2.24) is 4.98 Å². The third kappa shape index (κ3) is 4.96. The molecule has 1 aromatic heterocycles. The lowest BCUT2D eigenvalue weighted by atomic mass is 10.3. The Morgan fingerprint density at radius 1 is 1.26 bits per heavy atom. The quantitative estimate of drug-likeness (QED) is 0.342. The summed E-state index contributed by atoms with van der Waals surface area (Å²) in [6.45, 7) is 3.34. The van der Waals surface area contributed by atoms with E-state index in [-0.39, 0.29) is 24.7 Å². The van der Waals surface area contributed by atoms with E-state index in [2.05, 4.69) is 30.5 Å². The number of amides is 2. The number of nitrogens with two attached hydrogens (primary N) is 1. The molecule has 0 aliphatic carbocycles. The summed E-state index contributed by atoms with van der Waals surface area (Å²) in [4.78, 5) is 37.0. The van der Waals surface area contributed by atoms with Crippen LogP contribution in [0.3, 0.4) is 0 Å². The van der Waals surface area contributed by atoms with Crippen molar-refractivity contribution in [2.24, 2.45) is 5.84 Å². The number of nitrogens with one attached hydrogen (secondary N) is 3. The number of rotatable bonds is 6. The van der Waals surface area contributed by atoms with Gasteiger partial charge in [-0.3, -0.25) is 26.6 Å². The summed E-state index contributed by atoms with van der Waals surface area (Å²) < 4.78 is 9.31. The van der Waals surface area contributed by atoms with Gasteiger partial charge in [0.1, 0.15) is 11.5 Å². The van der Waals surface area contributed by atoms with Crippen LogP contribution >= 0.6 is 0 Å². The molecule has 126 valence electrons. The second-order valence-corrected chi connectivity index (χ2v) is 3.84. The normalized spacial score (nSPS) is 9.70. The van der Waals surface area contributed by atoms with Crippen molar-refractivity contribution in [3.8, 4) is 0 Å². The number of nitro groups is 1. The number of anilines is 3. The molecule has 0 radical (unpaired) electrons. The van der Waals surface area contributed by atoms with Crippen LogP contribution in [-0.4, -0.2) is 35.3 Å². The van der Waals surface area contributed by atoms with Crippen LogP contribution in [0.5, 0.6) is 0 Å². The Labute approximate surface area is 130 Å². The smallest absolute Gasteiger partial charge is 0.412 e. The predicted octanol–water partition coefficient (Wildman–Crippen LogP) is 1.41. The maximum atomic E-state index is 11.5. The van der Waals surface area contributed by atoms with Gasteiger partial charge in [-0.1, -0.05) is 0 Å². The van der Waals surface area contributed by atoms with E-state index in [1.807, 2.05) is 0 Å². The first kappa shape index (κ1) is 17.9. The molecule has 0 fully saturated rings. The summed E-state index contributed by atoms with van der Waals surface area (Å²) in [6, 6.07) is 1.12. The number of nitrogen functional groups attached to an aromatic ring is 1. The van der Waals surface area contributed by atoms with E-state index in [4.69, 9.17) is 5.84 Å². The molecular weight excluding hydrogens is 312 g/mol. The highest BCUT2D eigenvalue weighted by Crippen LogP contribution is 2.33. The lowest BCUT2D eigenvalue weighted by molar-refractivity contribution is -0.383. The molecule has 0 spiro atoms. The van der Waals surface area contributed by atoms with E-state index in [1.165, 1.54) is 0 Å². The topological polar surface area (TPSA) is 171 Å². The Balaban J connectivity index is 3.23. The molecule has 0 atom stereocenters. The molecule has 1 heterocycles. The van der Waals surface area contributed by atoms with Crippen molar-refractivity contribution in [2.45, 2.75) is 13.8 Å². The highest BCUT2D eigenvalue weighted by atomic mass is 16.6. The molecule has 23 heavy (non-hydrogen) atoms. The highest BCUT2D eigenvalue weighted by Gasteiger charge is 2.25. The van der Waals surface area contributed by atoms with Crippen LogP contribution in [0.4, 0.5) is 32.6 Å². The summed E-state index contributed by atoms with van der Waals surface area (Å²) in [7, 11) is 0. The van der Waals surface area contributed by atoms with Crippen LogP contribution in [0, 0.1) is 10.1 Å². The van der Waals surface area contributed by atoms with E-state index >= 15 is 0 Å². The molecule has 1 aromatic rings. The molecule has 0 saturated heterocycles. The molecule has 0 aliphatic rings. The number of aromatic nitrogens is 1. The zero-order valence-corrected chi connectivity index (χ0v) is 12.4. The van der Waals surface area contributed by atoms with E-state index in [0.717, 1.165) is 6.07 Å². The summed E-state index contributed by atoms with van der Waals surface area (Å²) in [5.41, 5.74) is 1.34. The summed E-state index contributed by atoms with van der Waals surface area (Å²) in [5.74, 6) is 4.67. The fourth-order valence-electron chi connectivity index (χ4n) is 1.52. The maximum Gasteiger partial charge on any atom is 0.412 e. The van der Waals surface area contributed by atoms with E-state index in [1.54, 1.807) is 13.8 Å². The Kier molecular flexibility index (Phi) is 6.48. The van der Waals surface area contributed by atoms with Crippen molar-refractivity contribution in [2.75, 3.05) is 29.3 Å². The van der Waals surface area contributed by atoms with Crippen molar-refractivity contribution in [3.63, 3.8) is 0 Å². The number of nitrogens with zero attached hydrogens (tertiary/aromatic N) is 2. The van der Waals surface area contributed by atoms with Gasteiger partial charge in [-0.15, -0.1) is 0 Å². The second-order valence-electron chi connectivity index (χ2n) is 3.84. The molecule has 12 nitrogen and oxygen atoms in total. The Morgan fingerprint density at radius 2 is 1.83 bits per heavy atom. The van der Waals surface area contributed by atoms with Crippen molar-refractivity contribution in [3.05, 3.63) is 16.2 Å². The Hall–Kier alpha value is -3.15. The number of pyridine rings is 1. The third-order valence-corrected chi connectivity index (χ3v) is 2.33. The molecule has 5 N–H and O–H groups in total. The van der Waals surface area contributed by atoms with Crippen LogP contribution in [-0.2, 0) is 9.47 Å². The largest absolute Gasteiger partial charge is 0.450 e. The van der Waals surface area contributed by atoms with E-state index < -0.39 is 28.6 Å². The minimum atomic E-state index is -0.945. The van der Waals surface area contributed by atoms with Gasteiger partial charge in [0, 0.05) is 6.07 Å². The van der Waals surface area contributed by atoms with Gasteiger partial charge >= 0.3 is 17.9 Å². The predicted molar refractivity (Wildman–Crippen MR) is 80.0 cm³/mol. The van der Waals surface area contributed by atoms with Crippen LogP contribution in [0.2, 0.25) is 0 Å². The number of carbonyl (C=O) groups is 2. The number of hydrogen-bond donors (Lipinski definition) is 4. The van der Waals surface area contributed by atoms with Crippen LogP contribution in [0.15, 0.2) is 6.07 Å². The zero-order chi connectivity index (χ0) is 17.4. The first-order chi connectivity index (χ1) is 10.9. The lowest BCUT2D eigenvalue weighted by Gasteiger charge is -2.11. The number of ether oxygens (including phenoxy) is 2. The lowest BCUT2D eigenvalue weighted by Crippen LogP contribution is -2.20. The van der Waals surface area contributed by atoms with Crippen LogP contribution < -0.4 is 21.9 Å². The van der Waals surface area contributed by atoms with Gasteiger partial charge in [0.2, 0.25) is 5.82 Å². The van der Waals surface area contributed by atoms with Gasteiger partial charge in [-0.05, 0) is 13.8 Å². The molecule has 2 amide bonds. The number of hydrogen-bond acceptors (Lipinski definition) is 9. The Morgan fingerprint density at radius 3 is 2.30 bits per heavy atom. The van der Waals surface area contributed by atoms with Gasteiger partial charge in [0.15, 0.2) is 0 Å². The van der Waals surface area contributed by atoms with Crippen molar-refractivity contribution >= 4 is 35.2 Å². The average Bonchev–Trinajstić information content (AvgIpc) is 2.46. The standard InChI is InChI=1S/C11H16N6O6/c1-3-22-10(18)14-7-5-6(16-12)8(17(20)21)9(13-7)15-11(19)23-4-2/h5H,3-4,12H2,1-2H3,(H3,13,14,15,16,18,19). The van der Waals surface area contributed by atoms with Crippen molar-refractivity contribution in [1.29, 1.82) is 0 Å². The van der Waals surface area contributed by atoms with Crippen molar-refractivity contribution < 1.29 is 24.0 Å². The summed E-state index contributed by atoms with van der Waals surface area (Å²) in [6.07, 6.45) is -1.77. The summed E-state index contributed by atoms with van der Waals surface area (Å²) >= 11 is 0. The summed E-state index contributed by atoms with van der Waals surface area (Å²) in [5, 5.41) is 15.5. The Bertz CT molecular complexity index is 607. The fourth-order valence-corrected chi connectivity index (χ4v) is 1.52. The van der Waals surface area contributed by atoms with Crippen LogP contribution in [0.1, 0.15) is 13.8 Å². The zero-order valence-electron chi connectivity index (χ0n) is 12.4. The van der Waals surface area contributed by atoms with Crippen LogP contribution in [0.25, 0.3) is 0 Å². The number of carbonyl (C=O) groups excluding carboxylic acids is 2. The molecule has 12 heteroatoms. The van der Waals surface area contributed by atoms with Gasteiger partial charge < -0.3 is 14.9 Å². The molecule has 1 rings (SSSR count). The minimum Gasteiger partial charge on any atom is -0.450 e. The first-order valence-corrected chi connectivity index (χ1v) is 6.46. The molecule has 0 aliphatic heterocycles. The van der Waals surface area contributed by atoms with Gasteiger partial charge in [0.05, 0.1) is 18.1 Å². The molecule has 0 saturated carbocycles. The van der Waals surface area contributed by atoms with Gasteiger partial charge in [-0.2, -0.15) is 0 Å².